The fraction of sp³-hybridized carbons (Fsp3) is 0.185. The van der Waals surface area contributed by atoms with Gasteiger partial charge < -0.3 is 14.7 Å². The number of benzene rings is 3. The molecule has 1 atom stereocenters. The lowest BCUT2D eigenvalue weighted by Gasteiger charge is -2.25. The molecule has 1 unspecified atom stereocenters. The summed E-state index contributed by atoms with van der Waals surface area (Å²) in [6, 6.07) is 23.5. The molecule has 0 aromatic heterocycles. The first-order valence-corrected chi connectivity index (χ1v) is 11.6. The number of ketones is 1. The van der Waals surface area contributed by atoms with E-state index in [4.69, 9.17) is 4.74 Å². The number of nitrogens with zero attached hydrogens (tertiary/aromatic N) is 1. The Hall–Kier alpha value is -3.38. The highest BCUT2D eigenvalue weighted by Gasteiger charge is 2.45. The molecule has 1 amide bonds. The Labute approximate surface area is 201 Å². The molecule has 168 valence electrons. The van der Waals surface area contributed by atoms with Gasteiger partial charge in [0, 0.05) is 16.6 Å². The first kappa shape index (κ1) is 22.8. The first-order chi connectivity index (χ1) is 16.0. The van der Waals surface area contributed by atoms with Crippen molar-refractivity contribution in [2.45, 2.75) is 19.4 Å². The number of carbonyl (C=O) groups excluding carboxylic acids is 2. The van der Waals surface area contributed by atoms with E-state index in [1.54, 1.807) is 29.2 Å². The predicted molar refractivity (Wildman–Crippen MR) is 131 cm³/mol. The Morgan fingerprint density at radius 1 is 1.00 bits per heavy atom. The Morgan fingerprint density at radius 3 is 2.42 bits per heavy atom. The van der Waals surface area contributed by atoms with Crippen molar-refractivity contribution in [3.05, 3.63) is 106 Å². The Balaban J connectivity index is 1.78. The van der Waals surface area contributed by atoms with E-state index in [-0.39, 0.29) is 11.3 Å². The molecule has 1 saturated heterocycles. The molecule has 1 fully saturated rings. The fourth-order valence-electron chi connectivity index (χ4n) is 4.05. The van der Waals surface area contributed by atoms with Gasteiger partial charge in [0.05, 0.1) is 18.2 Å². The molecule has 0 bridgehead atoms. The smallest absolute Gasteiger partial charge is 0.295 e. The summed E-state index contributed by atoms with van der Waals surface area (Å²) in [5.74, 6) is -0.915. The molecule has 5 nitrogen and oxygen atoms in total. The van der Waals surface area contributed by atoms with E-state index in [0.29, 0.717) is 30.9 Å². The van der Waals surface area contributed by atoms with E-state index in [1.807, 2.05) is 61.5 Å². The second-order valence-corrected chi connectivity index (χ2v) is 8.66. The average Bonchev–Trinajstić information content (AvgIpc) is 3.08. The van der Waals surface area contributed by atoms with Crippen LogP contribution in [0.1, 0.15) is 29.7 Å². The van der Waals surface area contributed by atoms with Gasteiger partial charge in [0.15, 0.2) is 0 Å². The minimum atomic E-state index is -0.685. The van der Waals surface area contributed by atoms with Crippen LogP contribution in [-0.2, 0) is 16.0 Å². The monoisotopic (exact) mass is 505 g/mol. The third-order valence-electron chi connectivity index (χ3n) is 5.63. The summed E-state index contributed by atoms with van der Waals surface area (Å²) in [4.78, 5) is 27.8. The fourth-order valence-corrected chi connectivity index (χ4v) is 4.32. The Morgan fingerprint density at radius 2 is 1.73 bits per heavy atom. The lowest BCUT2D eigenvalue weighted by molar-refractivity contribution is -0.139. The van der Waals surface area contributed by atoms with E-state index in [9.17, 15) is 14.7 Å². The van der Waals surface area contributed by atoms with Gasteiger partial charge in [0.2, 0.25) is 0 Å². The number of halogens is 1. The van der Waals surface area contributed by atoms with Crippen LogP contribution >= 0.6 is 15.9 Å². The molecular formula is C27H24BrNO4. The SMILES string of the molecule is CCOc1cccc(/C(O)=C2\C(=O)C(=O)N(CCc3ccccc3)C2c2ccc(Br)cc2)c1. The molecule has 3 aromatic carbocycles. The third-order valence-corrected chi connectivity index (χ3v) is 6.16. The number of aliphatic hydroxyl groups excluding tert-OH is 1. The van der Waals surface area contributed by atoms with E-state index in [1.165, 1.54) is 0 Å². The topological polar surface area (TPSA) is 66.8 Å². The highest BCUT2D eigenvalue weighted by atomic mass is 79.9. The predicted octanol–water partition coefficient (Wildman–Crippen LogP) is 5.51. The van der Waals surface area contributed by atoms with Crippen LogP contribution in [0, 0.1) is 0 Å². The summed E-state index contributed by atoms with van der Waals surface area (Å²) in [6.45, 7) is 2.70. The van der Waals surface area contributed by atoms with Crippen molar-refractivity contribution in [3.8, 4) is 5.75 Å². The minimum Gasteiger partial charge on any atom is -0.507 e. The summed E-state index contributed by atoms with van der Waals surface area (Å²) in [6.07, 6.45) is 0.598. The van der Waals surface area contributed by atoms with Gasteiger partial charge in [-0.2, -0.15) is 0 Å². The molecule has 0 spiro atoms. The van der Waals surface area contributed by atoms with Crippen LogP contribution in [0.15, 0.2) is 88.9 Å². The number of likely N-dealkylation sites (tertiary alicyclic amines) is 1. The third kappa shape index (κ3) is 4.86. The zero-order valence-electron chi connectivity index (χ0n) is 18.2. The molecule has 1 aliphatic heterocycles. The molecule has 0 radical (unpaired) electrons. The largest absolute Gasteiger partial charge is 0.507 e. The zero-order valence-corrected chi connectivity index (χ0v) is 19.8. The molecule has 0 aliphatic carbocycles. The molecule has 1 aliphatic rings. The van der Waals surface area contributed by atoms with Crippen LogP contribution in [0.3, 0.4) is 0 Å². The summed E-state index contributed by atoms with van der Waals surface area (Å²) >= 11 is 3.43. The van der Waals surface area contributed by atoms with E-state index in [2.05, 4.69) is 15.9 Å². The molecule has 1 N–H and O–H groups in total. The summed E-state index contributed by atoms with van der Waals surface area (Å²) in [5, 5.41) is 11.2. The molecule has 0 saturated carbocycles. The van der Waals surface area contributed by atoms with Crippen molar-refractivity contribution >= 4 is 33.4 Å². The van der Waals surface area contributed by atoms with Gasteiger partial charge in [0.25, 0.3) is 11.7 Å². The molecule has 3 aromatic rings. The van der Waals surface area contributed by atoms with E-state index < -0.39 is 17.7 Å². The molecule has 4 rings (SSSR count). The maximum absolute atomic E-state index is 13.2. The number of amides is 1. The van der Waals surface area contributed by atoms with Gasteiger partial charge in [0.1, 0.15) is 11.5 Å². The van der Waals surface area contributed by atoms with Gasteiger partial charge >= 0.3 is 0 Å². The first-order valence-electron chi connectivity index (χ1n) is 10.8. The Bertz CT molecular complexity index is 1190. The van der Waals surface area contributed by atoms with Crippen molar-refractivity contribution in [1.29, 1.82) is 0 Å². The van der Waals surface area contributed by atoms with Crippen molar-refractivity contribution in [1.82, 2.24) is 4.90 Å². The standard InChI is InChI=1S/C27H24BrNO4/c1-2-33-22-10-6-9-20(17-22)25(30)23-24(19-11-13-21(28)14-12-19)29(27(32)26(23)31)16-15-18-7-4-3-5-8-18/h3-14,17,24,30H,2,15-16H2,1H3/b25-23+. The highest BCUT2D eigenvalue weighted by molar-refractivity contribution is 9.10. The van der Waals surface area contributed by atoms with E-state index >= 15 is 0 Å². The van der Waals surface area contributed by atoms with Crippen LogP contribution in [0.2, 0.25) is 0 Å². The van der Waals surface area contributed by atoms with Crippen molar-refractivity contribution in [2.75, 3.05) is 13.2 Å². The lowest BCUT2D eigenvalue weighted by atomic mass is 9.95. The zero-order chi connectivity index (χ0) is 23.4. The summed E-state index contributed by atoms with van der Waals surface area (Å²) in [7, 11) is 0. The second kappa shape index (κ2) is 10.0. The number of rotatable bonds is 7. The number of ether oxygens (including phenoxy) is 1. The maximum atomic E-state index is 13.2. The van der Waals surface area contributed by atoms with Gasteiger partial charge in [-0.05, 0) is 48.7 Å². The van der Waals surface area contributed by atoms with Gasteiger partial charge in [-0.3, -0.25) is 9.59 Å². The number of carbonyl (C=O) groups is 2. The van der Waals surface area contributed by atoms with Crippen molar-refractivity contribution < 1.29 is 19.4 Å². The summed E-state index contributed by atoms with van der Waals surface area (Å²) < 4.78 is 6.43. The molecule has 6 heteroatoms. The normalized spacial score (nSPS) is 17.4. The number of aliphatic hydroxyl groups is 1. The van der Waals surface area contributed by atoms with Crippen LogP contribution in [0.4, 0.5) is 0 Å². The minimum absolute atomic E-state index is 0.0871. The Kier molecular flexibility index (Phi) is 6.94. The maximum Gasteiger partial charge on any atom is 0.295 e. The van der Waals surface area contributed by atoms with Crippen LogP contribution in [-0.4, -0.2) is 34.8 Å². The number of hydrogen-bond donors (Lipinski definition) is 1. The van der Waals surface area contributed by atoms with E-state index in [0.717, 1.165) is 15.6 Å². The molecular weight excluding hydrogens is 482 g/mol. The second-order valence-electron chi connectivity index (χ2n) is 7.74. The highest BCUT2D eigenvalue weighted by Crippen LogP contribution is 2.40. The van der Waals surface area contributed by atoms with Crippen molar-refractivity contribution in [2.24, 2.45) is 0 Å². The number of hydrogen-bond acceptors (Lipinski definition) is 4. The van der Waals surface area contributed by atoms with Crippen LogP contribution in [0.25, 0.3) is 5.76 Å². The van der Waals surface area contributed by atoms with Crippen molar-refractivity contribution in [3.63, 3.8) is 0 Å². The molecule has 33 heavy (non-hydrogen) atoms. The number of Topliss-reactive ketones (excluding diaryl/α,β-unsaturated/α-hetero) is 1. The average molecular weight is 506 g/mol. The lowest BCUT2D eigenvalue weighted by Crippen LogP contribution is -2.31. The molecule has 1 heterocycles. The van der Waals surface area contributed by atoms with Crippen LogP contribution < -0.4 is 4.74 Å². The van der Waals surface area contributed by atoms with Crippen LogP contribution in [0.5, 0.6) is 5.75 Å². The quantitative estimate of drug-likeness (QED) is 0.261. The van der Waals surface area contributed by atoms with Gasteiger partial charge in [-0.25, -0.2) is 0 Å². The summed E-state index contributed by atoms with van der Waals surface area (Å²) in [5.41, 5.74) is 2.35. The van der Waals surface area contributed by atoms with Gasteiger partial charge in [-0.1, -0.05) is 70.5 Å². The van der Waals surface area contributed by atoms with Gasteiger partial charge in [-0.15, -0.1) is 0 Å².